The summed E-state index contributed by atoms with van der Waals surface area (Å²) in [7, 11) is -2.17. The van der Waals surface area contributed by atoms with Crippen LogP contribution in [-0.4, -0.2) is 27.5 Å². The molecule has 5 nitrogen and oxygen atoms in total. The maximum atomic E-state index is 8.79. The van der Waals surface area contributed by atoms with E-state index in [0.29, 0.717) is 5.69 Å². The van der Waals surface area contributed by atoms with Gasteiger partial charge >= 0.3 is 7.32 Å². The lowest BCUT2D eigenvalue weighted by Crippen LogP contribution is -2.07. The van der Waals surface area contributed by atoms with Crippen molar-refractivity contribution in [3.63, 3.8) is 0 Å². The largest absolute Gasteiger partial charge is 0.631 e. The van der Waals surface area contributed by atoms with Crippen LogP contribution in [0, 0.1) is 0 Å². The van der Waals surface area contributed by atoms with Crippen molar-refractivity contribution in [2.75, 3.05) is 5.73 Å². The molecule has 0 unspecified atom stereocenters. The Morgan fingerprint density at radius 3 is 1.75 bits per heavy atom. The zero-order valence-corrected chi connectivity index (χ0v) is 6.25. The molecule has 0 spiro atoms. The fourth-order valence-corrected chi connectivity index (χ4v) is 0.488. The van der Waals surface area contributed by atoms with Crippen LogP contribution < -0.4 is 5.73 Å². The first-order valence-electron chi connectivity index (χ1n) is 3.11. The topological polar surface area (TPSA) is 107 Å². The number of aromatic hydroxyl groups is 1. The molecule has 0 amide bonds. The minimum atomic E-state index is -2.17. The van der Waals surface area contributed by atoms with Crippen molar-refractivity contribution in [3.8, 4) is 5.75 Å². The summed E-state index contributed by atoms with van der Waals surface area (Å²) in [5, 5.41) is 30.3. The van der Waals surface area contributed by atoms with Crippen molar-refractivity contribution in [2.24, 2.45) is 0 Å². The summed E-state index contributed by atoms with van der Waals surface area (Å²) >= 11 is 0. The van der Waals surface area contributed by atoms with E-state index >= 15 is 0 Å². The van der Waals surface area contributed by atoms with Gasteiger partial charge in [0.15, 0.2) is 0 Å². The van der Waals surface area contributed by atoms with E-state index < -0.39 is 7.32 Å². The highest BCUT2D eigenvalue weighted by Gasteiger charge is 1.92. The number of rotatable bonds is 0. The Labute approximate surface area is 69.9 Å². The van der Waals surface area contributed by atoms with Gasteiger partial charge in [-0.25, -0.2) is 0 Å². The number of phenolic OH excluding ortho intramolecular Hbond substituents is 1. The molecule has 66 valence electrons. The zero-order valence-electron chi connectivity index (χ0n) is 6.25. The minimum absolute atomic E-state index is 0.146. The Balaban J connectivity index is 0.000000261. The maximum absolute atomic E-state index is 8.79. The summed E-state index contributed by atoms with van der Waals surface area (Å²) in [5.74, 6) is 0.146. The van der Waals surface area contributed by atoms with Gasteiger partial charge in [0.05, 0.1) is 5.69 Å². The molecule has 0 atom stereocenters. The summed E-state index contributed by atoms with van der Waals surface area (Å²) in [4.78, 5) is 0. The van der Waals surface area contributed by atoms with Gasteiger partial charge in [-0.2, -0.15) is 0 Å². The highest BCUT2D eigenvalue weighted by atomic mass is 16.5. The summed E-state index contributed by atoms with van der Waals surface area (Å²) in [6.07, 6.45) is 0. The predicted molar refractivity (Wildman–Crippen MR) is 44.9 cm³/mol. The number of anilines is 1. The molecule has 0 aromatic heterocycles. The quantitative estimate of drug-likeness (QED) is 0.194. The molecule has 1 rings (SSSR count). The molecule has 0 heterocycles. The van der Waals surface area contributed by atoms with E-state index in [1.54, 1.807) is 24.3 Å². The second kappa shape index (κ2) is 5.42. The van der Waals surface area contributed by atoms with E-state index in [2.05, 4.69) is 0 Å². The van der Waals surface area contributed by atoms with Crippen LogP contribution in [-0.2, 0) is 0 Å². The van der Waals surface area contributed by atoms with Gasteiger partial charge < -0.3 is 25.9 Å². The van der Waals surface area contributed by atoms with Crippen molar-refractivity contribution in [1.29, 1.82) is 0 Å². The van der Waals surface area contributed by atoms with Crippen LogP contribution in [0.1, 0.15) is 0 Å². The van der Waals surface area contributed by atoms with Crippen LogP contribution in [0.4, 0.5) is 5.69 Å². The van der Waals surface area contributed by atoms with Crippen LogP contribution in [0.2, 0.25) is 0 Å². The standard InChI is InChI=1S/C6H7NO.BH3O3/c7-5-3-1-2-4-6(5)8;2-1(3)4/h1-4,8H,7H2;2-4H. The van der Waals surface area contributed by atoms with Crippen molar-refractivity contribution in [1.82, 2.24) is 0 Å². The lowest BCUT2D eigenvalue weighted by molar-refractivity contribution is 0.278. The van der Waals surface area contributed by atoms with E-state index in [-0.39, 0.29) is 5.75 Å². The van der Waals surface area contributed by atoms with Gasteiger partial charge in [-0.1, -0.05) is 12.1 Å². The van der Waals surface area contributed by atoms with Crippen LogP contribution in [0.15, 0.2) is 24.3 Å². The number of hydrogen-bond donors (Lipinski definition) is 5. The number of nitrogens with two attached hydrogens (primary N) is 1. The van der Waals surface area contributed by atoms with Crippen molar-refractivity contribution < 1.29 is 20.2 Å². The first-order chi connectivity index (χ1) is 5.54. The van der Waals surface area contributed by atoms with E-state index in [9.17, 15) is 0 Å². The van der Waals surface area contributed by atoms with Crippen molar-refractivity contribution in [3.05, 3.63) is 24.3 Å². The first-order valence-corrected chi connectivity index (χ1v) is 3.11. The monoisotopic (exact) mass is 171 g/mol. The summed E-state index contributed by atoms with van der Waals surface area (Å²) in [5.41, 5.74) is 5.69. The second-order valence-electron chi connectivity index (χ2n) is 1.91. The molecule has 0 bridgehead atoms. The Bertz CT molecular complexity index is 207. The van der Waals surface area contributed by atoms with E-state index in [1.165, 1.54) is 0 Å². The van der Waals surface area contributed by atoms with Gasteiger partial charge in [0, 0.05) is 0 Å². The molecule has 1 aromatic rings. The van der Waals surface area contributed by atoms with Gasteiger partial charge in [0.25, 0.3) is 0 Å². The summed E-state index contributed by atoms with van der Waals surface area (Å²) in [6.45, 7) is 0. The molecule has 1 aromatic carbocycles. The third-order valence-corrected chi connectivity index (χ3v) is 0.937. The second-order valence-corrected chi connectivity index (χ2v) is 1.91. The molecule has 6 heteroatoms. The Morgan fingerprint density at radius 2 is 1.50 bits per heavy atom. The molecule has 0 aliphatic carbocycles. The van der Waals surface area contributed by atoms with E-state index in [4.69, 9.17) is 25.9 Å². The van der Waals surface area contributed by atoms with Gasteiger partial charge in [-0.05, 0) is 12.1 Å². The Morgan fingerprint density at radius 1 is 1.08 bits per heavy atom. The number of hydrogen-bond acceptors (Lipinski definition) is 5. The van der Waals surface area contributed by atoms with Crippen LogP contribution in [0.5, 0.6) is 5.75 Å². The molecule has 0 aliphatic heterocycles. The fourth-order valence-electron chi connectivity index (χ4n) is 0.488. The molecule has 12 heavy (non-hydrogen) atoms. The molecule has 0 saturated heterocycles. The molecule has 0 aliphatic rings. The molecule has 0 radical (unpaired) electrons. The fraction of sp³-hybridized carbons (Fsp3) is 0. The predicted octanol–water partition coefficient (Wildman–Crippen LogP) is -1.08. The molecular weight excluding hydrogens is 161 g/mol. The zero-order chi connectivity index (χ0) is 9.56. The van der Waals surface area contributed by atoms with E-state index in [1.807, 2.05) is 0 Å². The smallest absolute Gasteiger partial charge is 0.506 e. The molecular formula is C6H10BNO4. The van der Waals surface area contributed by atoms with Crippen LogP contribution in [0.25, 0.3) is 0 Å². The van der Waals surface area contributed by atoms with Crippen LogP contribution in [0.3, 0.4) is 0 Å². The summed E-state index contributed by atoms with van der Waals surface area (Å²) in [6, 6.07) is 6.70. The van der Waals surface area contributed by atoms with Crippen LogP contribution >= 0.6 is 0 Å². The lowest BCUT2D eigenvalue weighted by Gasteiger charge is -1.92. The Kier molecular flexibility index (Phi) is 4.86. The van der Waals surface area contributed by atoms with Crippen molar-refractivity contribution >= 4 is 13.0 Å². The number of nitrogen functional groups attached to an aromatic ring is 1. The third-order valence-electron chi connectivity index (χ3n) is 0.937. The third kappa shape index (κ3) is 5.54. The SMILES string of the molecule is Nc1ccccc1O.OB(O)O. The molecule has 6 N–H and O–H groups in total. The molecule has 0 fully saturated rings. The highest BCUT2D eigenvalue weighted by molar-refractivity contribution is 6.30. The average Bonchev–Trinajstić information content (AvgIpc) is 1.94. The van der Waals surface area contributed by atoms with Gasteiger partial charge in [-0.15, -0.1) is 0 Å². The normalized spacial score (nSPS) is 8.25. The van der Waals surface area contributed by atoms with Gasteiger partial charge in [-0.3, -0.25) is 0 Å². The Hall–Kier alpha value is -1.24. The number of benzene rings is 1. The lowest BCUT2D eigenvalue weighted by atomic mass is 10.3. The van der Waals surface area contributed by atoms with Gasteiger partial charge in [0.2, 0.25) is 0 Å². The van der Waals surface area contributed by atoms with Crippen molar-refractivity contribution in [2.45, 2.75) is 0 Å². The summed E-state index contributed by atoms with van der Waals surface area (Å²) < 4.78 is 0. The first kappa shape index (κ1) is 10.8. The maximum Gasteiger partial charge on any atom is 0.631 e. The minimum Gasteiger partial charge on any atom is -0.506 e. The van der Waals surface area contributed by atoms with Gasteiger partial charge in [0.1, 0.15) is 5.75 Å². The van der Waals surface area contributed by atoms with E-state index in [0.717, 1.165) is 0 Å². The number of para-hydroxylation sites is 2. The average molecular weight is 171 g/mol. The number of phenols is 1. The highest BCUT2D eigenvalue weighted by Crippen LogP contribution is 2.16. The molecule has 0 saturated carbocycles.